The minimum atomic E-state index is -4.12. The molecule has 0 unspecified atom stereocenters. The number of methoxy groups -OCH3 is 1. The molecule has 2 amide bonds. The Kier molecular flexibility index (Phi) is 7.31. The second-order valence-electron chi connectivity index (χ2n) is 8.57. The number of aryl methyl sites for hydroxylation is 3. The average Bonchev–Trinajstić information content (AvgIpc) is 2.76. The van der Waals surface area contributed by atoms with Crippen LogP contribution in [0.4, 0.5) is 5.69 Å². The standard InChI is InChI=1S/C24H31N3O5S/c1-16-5-6-21(32-4)22(14-16)33(30,31)27(20-12-17(2)11-18(3)13-20)15-23(28)26-9-7-19(8-10-26)24(25)29/h5-6,11-14,19H,7-10,15H2,1-4H3,(H2,25,29). The molecule has 1 saturated heterocycles. The third-order valence-corrected chi connectivity index (χ3v) is 7.71. The molecule has 8 nitrogen and oxygen atoms in total. The van der Waals surface area contributed by atoms with Crippen molar-refractivity contribution in [1.82, 2.24) is 4.90 Å². The summed E-state index contributed by atoms with van der Waals surface area (Å²) in [6.07, 6.45) is 0.951. The highest BCUT2D eigenvalue weighted by atomic mass is 32.2. The van der Waals surface area contributed by atoms with Gasteiger partial charge in [0.15, 0.2) is 0 Å². The number of anilines is 1. The Morgan fingerprint density at radius 2 is 1.64 bits per heavy atom. The number of hydrogen-bond acceptors (Lipinski definition) is 5. The zero-order chi connectivity index (χ0) is 24.3. The molecule has 9 heteroatoms. The van der Waals surface area contributed by atoms with Crippen molar-refractivity contribution in [3.63, 3.8) is 0 Å². The van der Waals surface area contributed by atoms with E-state index in [9.17, 15) is 18.0 Å². The van der Waals surface area contributed by atoms with E-state index in [-0.39, 0.29) is 34.9 Å². The number of carbonyl (C=O) groups excluding carboxylic acids is 2. The van der Waals surface area contributed by atoms with Gasteiger partial charge in [0.05, 0.1) is 12.8 Å². The summed E-state index contributed by atoms with van der Waals surface area (Å²) in [5, 5.41) is 0. The van der Waals surface area contributed by atoms with Gasteiger partial charge in [0.1, 0.15) is 17.2 Å². The summed E-state index contributed by atoms with van der Waals surface area (Å²) >= 11 is 0. The first-order chi connectivity index (χ1) is 15.5. The molecule has 0 radical (unpaired) electrons. The van der Waals surface area contributed by atoms with Crippen molar-refractivity contribution in [2.75, 3.05) is 31.0 Å². The van der Waals surface area contributed by atoms with E-state index in [0.717, 1.165) is 21.0 Å². The quantitative estimate of drug-likeness (QED) is 0.665. The molecule has 1 fully saturated rings. The van der Waals surface area contributed by atoms with Gasteiger partial charge in [-0.15, -0.1) is 0 Å². The number of nitrogens with two attached hydrogens (primary N) is 1. The molecule has 1 aliphatic heterocycles. The number of ether oxygens (including phenoxy) is 1. The smallest absolute Gasteiger partial charge is 0.268 e. The molecule has 0 spiro atoms. The van der Waals surface area contributed by atoms with Crippen LogP contribution in [0.15, 0.2) is 41.3 Å². The first-order valence-electron chi connectivity index (χ1n) is 10.9. The Morgan fingerprint density at radius 3 is 2.18 bits per heavy atom. The zero-order valence-corrected chi connectivity index (χ0v) is 20.3. The second kappa shape index (κ2) is 9.82. The Morgan fingerprint density at radius 1 is 1.03 bits per heavy atom. The maximum atomic E-state index is 13.9. The Balaban J connectivity index is 2.00. The SMILES string of the molecule is COc1ccc(C)cc1S(=O)(=O)N(CC(=O)N1CCC(C(N)=O)CC1)c1cc(C)cc(C)c1. The third-order valence-electron chi connectivity index (χ3n) is 5.91. The number of likely N-dealkylation sites (tertiary alicyclic amines) is 1. The largest absolute Gasteiger partial charge is 0.495 e. The van der Waals surface area contributed by atoms with E-state index in [1.807, 2.05) is 19.9 Å². The number of hydrogen-bond donors (Lipinski definition) is 1. The van der Waals surface area contributed by atoms with E-state index in [1.165, 1.54) is 7.11 Å². The van der Waals surface area contributed by atoms with E-state index in [2.05, 4.69) is 0 Å². The first kappa shape index (κ1) is 24.6. The summed E-state index contributed by atoms with van der Waals surface area (Å²) in [6.45, 7) is 5.93. The van der Waals surface area contributed by atoms with Crippen LogP contribution in [-0.4, -0.2) is 51.9 Å². The van der Waals surface area contributed by atoms with Crippen molar-refractivity contribution in [2.24, 2.45) is 11.7 Å². The number of primary amides is 1. The van der Waals surface area contributed by atoms with Gasteiger partial charge in [0.25, 0.3) is 10.0 Å². The van der Waals surface area contributed by atoms with Gasteiger partial charge in [-0.1, -0.05) is 12.1 Å². The van der Waals surface area contributed by atoms with E-state index in [1.54, 1.807) is 42.2 Å². The van der Waals surface area contributed by atoms with Crippen molar-refractivity contribution in [3.05, 3.63) is 53.1 Å². The van der Waals surface area contributed by atoms with Crippen LogP contribution in [0.1, 0.15) is 29.5 Å². The molecule has 0 bridgehead atoms. The maximum Gasteiger partial charge on any atom is 0.268 e. The molecule has 178 valence electrons. The number of sulfonamides is 1. The average molecular weight is 474 g/mol. The Bertz CT molecular complexity index is 1130. The minimum absolute atomic E-state index is 0.00407. The highest BCUT2D eigenvalue weighted by Crippen LogP contribution is 2.32. The molecular weight excluding hydrogens is 442 g/mol. The molecule has 1 aliphatic rings. The summed E-state index contributed by atoms with van der Waals surface area (Å²) in [5.41, 5.74) is 8.34. The predicted octanol–water partition coefficient (Wildman–Crippen LogP) is 2.54. The van der Waals surface area contributed by atoms with Gasteiger partial charge in [-0.25, -0.2) is 8.42 Å². The van der Waals surface area contributed by atoms with Gasteiger partial charge in [-0.3, -0.25) is 13.9 Å². The van der Waals surface area contributed by atoms with Crippen molar-refractivity contribution in [3.8, 4) is 5.75 Å². The first-order valence-corrected chi connectivity index (χ1v) is 12.3. The summed E-state index contributed by atoms with van der Waals surface area (Å²) in [6, 6.07) is 10.4. The summed E-state index contributed by atoms with van der Waals surface area (Å²) in [5.74, 6) is -0.741. The molecule has 3 rings (SSSR count). The van der Waals surface area contributed by atoms with Crippen LogP contribution in [0.2, 0.25) is 0 Å². The lowest BCUT2D eigenvalue weighted by molar-refractivity contribution is -0.133. The van der Waals surface area contributed by atoms with Gasteiger partial charge in [0, 0.05) is 19.0 Å². The fraction of sp³-hybridized carbons (Fsp3) is 0.417. The summed E-state index contributed by atoms with van der Waals surface area (Å²) in [7, 11) is -2.71. The summed E-state index contributed by atoms with van der Waals surface area (Å²) in [4.78, 5) is 26.3. The molecule has 2 aromatic rings. The molecule has 2 aromatic carbocycles. The topological polar surface area (TPSA) is 110 Å². The molecule has 0 aliphatic carbocycles. The number of carbonyl (C=O) groups is 2. The number of amides is 2. The normalized spacial score (nSPS) is 14.7. The molecule has 33 heavy (non-hydrogen) atoms. The maximum absolute atomic E-state index is 13.9. The van der Waals surface area contributed by atoms with Crippen LogP contribution in [0, 0.1) is 26.7 Å². The Hall–Kier alpha value is -3.07. The van der Waals surface area contributed by atoms with Crippen molar-refractivity contribution >= 4 is 27.5 Å². The van der Waals surface area contributed by atoms with Crippen LogP contribution < -0.4 is 14.8 Å². The van der Waals surface area contributed by atoms with Gasteiger partial charge in [0.2, 0.25) is 11.8 Å². The van der Waals surface area contributed by atoms with E-state index in [4.69, 9.17) is 10.5 Å². The van der Waals surface area contributed by atoms with Crippen molar-refractivity contribution in [1.29, 1.82) is 0 Å². The van der Waals surface area contributed by atoms with Crippen LogP contribution in [0.5, 0.6) is 5.75 Å². The fourth-order valence-corrected chi connectivity index (χ4v) is 5.79. The van der Waals surface area contributed by atoms with Crippen LogP contribution in [0.3, 0.4) is 0 Å². The number of piperidine rings is 1. The number of benzene rings is 2. The highest BCUT2D eigenvalue weighted by molar-refractivity contribution is 7.93. The number of rotatable bonds is 7. The fourth-order valence-electron chi connectivity index (χ4n) is 4.15. The van der Waals surface area contributed by atoms with E-state index in [0.29, 0.717) is 31.6 Å². The lowest BCUT2D eigenvalue weighted by Gasteiger charge is -2.33. The van der Waals surface area contributed by atoms with Gasteiger partial charge in [-0.2, -0.15) is 0 Å². The summed E-state index contributed by atoms with van der Waals surface area (Å²) < 4.78 is 34.2. The Labute approximate surface area is 195 Å². The van der Waals surface area contributed by atoms with Crippen molar-refractivity contribution in [2.45, 2.75) is 38.5 Å². The highest BCUT2D eigenvalue weighted by Gasteiger charge is 2.33. The van der Waals surface area contributed by atoms with Crippen LogP contribution in [0.25, 0.3) is 0 Å². The molecular formula is C24H31N3O5S. The zero-order valence-electron chi connectivity index (χ0n) is 19.5. The third kappa shape index (κ3) is 5.47. The second-order valence-corrected chi connectivity index (χ2v) is 10.4. The lowest BCUT2D eigenvalue weighted by Crippen LogP contribution is -2.47. The predicted molar refractivity (Wildman–Crippen MR) is 127 cm³/mol. The van der Waals surface area contributed by atoms with E-state index < -0.39 is 10.0 Å². The minimum Gasteiger partial charge on any atom is -0.495 e. The molecule has 0 aromatic heterocycles. The van der Waals surface area contributed by atoms with Gasteiger partial charge >= 0.3 is 0 Å². The lowest BCUT2D eigenvalue weighted by atomic mass is 9.96. The van der Waals surface area contributed by atoms with Gasteiger partial charge in [-0.05, 0) is 74.6 Å². The molecule has 1 heterocycles. The van der Waals surface area contributed by atoms with Crippen molar-refractivity contribution < 1.29 is 22.7 Å². The molecule has 2 N–H and O–H groups in total. The number of nitrogens with zero attached hydrogens (tertiary/aromatic N) is 2. The molecule has 0 atom stereocenters. The van der Waals surface area contributed by atoms with Crippen LogP contribution in [-0.2, 0) is 19.6 Å². The monoisotopic (exact) mass is 473 g/mol. The van der Waals surface area contributed by atoms with Gasteiger partial charge < -0.3 is 15.4 Å². The van der Waals surface area contributed by atoms with E-state index >= 15 is 0 Å². The molecule has 0 saturated carbocycles. The van der Waals surface area contributed by atoms with Crippen LogP contribution >= 0.6 is 0 Å².